The molecule has 2 aromatic rings. The molecule has 1 aromatic carbocycles. The van der Waals surface area contributed by atoms with Gasteiger partial charge in [0.15, 0.2) is 0 Å². The number of amides is 1. The third kappa shape index (κ3) is 6.57. The zero-order valence-electron chi connectivity index (χ0n) is 15.9. The van der Waals surface area contributed by atoms with E-state index in [1.807, 2.05) is 27.8 Å². The van der Waals surface area contributed by atoms with Crippen LogP contribution in [0.4, 0.5) is 0 Å². The maximum Gasteiger partial charge on any atom is 0.220 e. The van der Waals surface area contributed by atoms with Gasteiger partial charge in [0.25, 0.3) is 0 Å². The van der Waals surface area contributed by atoms with Crippen LogP contribution < -0.4 is 5.32 Å². The number of benzene rings is 1. The quantitative estimate of drug-likeness (QED) is 0.471. The third-order valence-electron chi connectivity index (χ3n) is 4.77. The highest BCUT2D eigenvalue weighted by atomic mass is 33.1. The number of aromatic nitrogens is 3. The van der Waals surface area contributed by atoms with Crippen molar-refractivity contribution < 1.29 is 4.79 Å². The average molecular weight is 405 g/mol. The van der Waals surface area contributed by atoms with Gasteiger partial charge in [0.05, 0.1) is 12.7 Å². The van der Waals surface area contributed by atoms with Crippen LogP contribution in [0.15, 0.2) is 30.5 Å². The lowest BCUT2D eigenvalue weighted by Crippen LogP contribution is -2.27. The second kappa shape index (κ2) is 10.8. The first-order chi connectivity index (χ1) is 13.2. The van der Waals surface area contributed by atoms with Crippen LogP contribution in [0.2, 0.25) is 0 Å². The molecule has 7 heteroatoms. The van der Waals surface area contributed by atoms with Gasteiger partial charge in [-0.3, -0.25) is 9.48 Å². The number of aryl methyl sites for hydroxylation is 1. The predicted molar refractivity (Wildman–Crippen MR) is 115 cm³/mol. The molecule has 0 aliphatic carbocycles. The molecule has 0 bridgehead atoms. The van der Waals surface area contributed by atoms with Crippen LogP contribution in [-0.2, 0) is 17.8 Å². The summed E-state index contributed by atoms with van der Waals surface area (Å²) in [6.45, 7) is 3.38. The Labute approximate surface area is 169 Å². The van der Waals surface area contributed by atoms with Crippen LogP contribution in [-0.4, -0.2) is 38.4 Å². The summed E-state index contributed by atoms with van der Waals surface area (Å²) in [6, 6.07) is 8.41. The Morgan fingerprint density at radius 3 is 2.89 bits per heavy atom. The largest absolute Gasteiger partial charge is 0.354 e. The SMILES string of the molecule is CCc1ccc(-c2cn(CCNC(=O)CCCC[C@H]3CCSS3)nn2)cc1. The highest BCUT2D eigenvalue weighted by Gasteiger charge is 2.15. The summed E-state index contributed by atoms with van der Waals surface area (Å²) < 4.78 is 1.79. The van der Waals surface area contributed by atoms with Gasteiger partial charge in [-0.15, -0.1) is 5.10 Å². The molecule has 1 fully saturated rings. The van der Waals surface area contributed by atoms with Crippen molar-refractivity contribution in [3.8, 4) is 11.3 Å². The molecule has 1 aromatic heterocycles. The van der Waals surface area contributed by atoms with Crippen LogP contribution in [0.25, 0.3) is 11.3 Å². The molecule has 146 valence electrons. The Kier molecular flexibility index (Phi) is 8.08. The predicted octanol–water partition coefficient (Wildman–Crippen LogP) is 4.34. The number of unbranched alkanes of at least 4 members (excludes halogenated alkanes) is 1. The normalized spacial score (nSPS) is 16.6. The van der Waals surface area contributed by atoms with Crippen molar-refractivity contribution in [2.24, 2.45) is 0 Å². The van der Waals surface area contributed by atoms with Gasteiger partial charge in [-0.2, -0.15) is 0 Å². The molecule has 3 rings (SSSR count). The first-order valence-corrected chi connectivity index (χ1v) is 12.2. The number of nitrogens with zero attached hydrogens (tertiary/aromatic N) is 3. The summed E-state index contributed by atoms with van der Waals surface area (Å²) in [5, 5.41) is 12.2. The maximum absolute atomic E-state index is 12.0. The Hall–Kier alpha value is -1.47. The minimum Gasteiger partial charge on any atom is -0.354 e. The maximum atomic E-state index is 12.0. The topological polar surface area (TPSA) is 59.8 Å². The van der Waals surface area contributed by atoms with Crippen molar-refractivity contribution in [2.45, 2.75) is 57.2 Å². The minimum absolute atomic E-state index is 0.138. The van der Waals surface area contributed by atoms with Crippen LogP contribution in [0.3, 0.4) is 0 Å². The molecule has 27 heavy (non-hydrogen) atoms. The van der Waals surface area contributed by atoms with Gasteiger partial charge in [0.2, 0.25) is 5.91 Å². The molecule has 0 radical (unpaired) electrons. The van der Waals surface area contributed by atoms with Crippen molar-refractivity contribution in [1.29, 1.82) is 0 Å². The van der Waals surface area contributed by atoms with E-state index in [0.717, 1.165) is 35.8 Å². The van der Waals surface area contributed by atoms with E-state index in [0.29, 0.717) is 19.5 Å². The fraction of sp³-hybridized carbons (Fsp3) is 0.550. The number of hydrogen-bond donors (Lipinski definition) is 1. The summed E-state index contributed by atoms with van der Waals surface area (Å²) in [5.74, 6) is 1.42. The highest BCUT2D eigenvalue weighted by molar-refractivity contribution is 8.77. The van der Waals surface area contributed by atoms with Gasteiger partial charge in [-0.05, 0) is 31.2 Å². The first-order valence-electron chi connectivity index (χ1n) is 9.79. The second-order valence-electron chi connectivity index (χ2n) is 6.84. The lowest BCUT2D eigenvalue weighted by atomic mass is 10.1. The van der Waals surface area contributed by atoms with E-state index in [2.05, 4.69) is 46.8 Å². The van der Waals surface area contributed by atoms with E-state index in [-0.39, 0.29) is 5.91 Å². The number of nitrogens with one attached hydrogen (secondary N) is 1. The number of hydrogen-bond acceptors (Lipinski definition) is 5. The molecule has 0 spiro atoms. The van der Waals surface area contributed by atoms with Crippen molar-refractivity contribution in [2.75, 3.05) is 12.3 Å². The second-order valence-corrected chi connectivity index (χ2v) is 9.63. The monoisotopic (exact) mass is 404 g/mol. The van der Waals surface area contributed by atoms with Gasteiger partial charge in [0, 0.05) is 29.5 Å². The lowest BCUT2D eigenvalue weighted by Gasteiger charge is -2.07. The van der Waals surface area contributed by atoms with E-state index in [1.54, 1.807) is 4.68 Å². The van der Waals surface area contributed by atoms with Crippen LogP contribution in [0.5, 0.6) is 0 Å². The minimum atomic E-state index is 0.138. The number of carbonyl (C=O) groups excluding carboxylic acids is 1. The Morgan fingerprint density at radius 2 is 2.15 bits per heavy atom. The van der Waals surface area contributed by atoms with E-state index in [9.17, 15) is 4.79 Å². The summed E-state index contributed by atoms with van der Waals surface area (Å²) in [5.41, 5.74) is 3.25. The molecule has 1 atom stereocenters. The molecule has 1 saturated heterocycles. The summed E-state index contributed by atoms with van der Waals surface area (Å²) in [7, 11) is 4.00. The standard InChI is InChI=1S/C20H28N4OS2/c1-2-16-7-9-17(10-8-16)19-15-24(23-22-19)13-12-21-20(25)6-4-3-5-18-11-14-26-27-18/h7-10,15,18H,2-6,11-14H2,1H3,(H,21,25)/t18-/m0/s1. The number of carbonyl (C=O) groups is 1. The summed E-state index contributed by atoms with van der Waals surface area (Å²) >= 11 is 0. The molecular weight excluding hydrogens is 376 g/mol. The highest BCUT2D eigenvalue weighted by Crippen LogP contribution is 2.39. The van der Waals surface area contributed by atoms with Crippen molar-refractivity contribution in [3.63, 3.8) is 0 Å². The van der Waals surface area contributed by atoms with Crippen molar-refractivity contribution in [1.82, 2.24) is 20.3 Å². The van der Waals surface area contributed by atoms with Gasteiger partial charge >= 0.3 is 0 Å². The van der Waals surface area contributed by atoms with Crippen molar-refractivity contribution >= 4 is 27.5 Å². The van der Waals surface area contributed by atoms with Gasteiger partial charge in [-0.1, -0.05) is 64.4 Å². The fourth-order valence-corrected chi connectivity index (χ4v) is 6.10. The molecular formula is C20H28N4OS2. The van der Waals surface area contributed by atoms with E-state index >= 15 is 0 Å². The average Bonchev–Trinajstić information content (AvgIpc) is 3.37. The molecule has 5 nitrogen and oxygen atoms in total. The lowest BCUT2D eigenvalue weighted by molar-refractivity contribution is -0.121. The molecule has 1 N–H and O–H groups in total. The fourth-order valence-electron chi connectivity index (χ4n) is 3.07. The zero-order chi connectivity index (χ0) is 18.9. The smallest absolute Gasteiger partial charge is 0.220 e. The van der Waals surface area contributed by atoms with Gasteiger partial charge in [-0.25, -0.2) is 0 Å². The Bertz CT molecular complexity index is 711. The van der Waals surface area contributed by atoms with E-state index in [4.69, 9.17) is 0 Å². The molecule has 0 saturated carbocycles. The van der Waals surface area contributed by atoms with Crippen LogP contribution in [0.1, 0.15) is 44.6 Å². The molecule has 1 amide bonds. The van der Waals surface area contributed by atoms with E-state index in [1.165, 1.54) is 24.2 Å². The summed E-state index contributed by atoms with van der Waals surface area (Å²) in [4.78, 5) is 12.0. The van der Waals surface area contributed by atoms with Gasteiger partial charge in [0.1, 0.15) is 5.69 Å². The molecule has 1 aliphatic heterocycles. The summed E-state index contributed by atoms with van der Waals surface area (Å²) in [6.07, 6.45) is 8.28. The Balaban J connectivity index is 1.32. The van der Waals surface area contributed by atoms with Crippen LogP contribution >= 0.6 is 21.6 Å². The zero-order valence-corrected chi connectivity index (χ0v) is 17.5. The van der Waals surface area contributed by atoms with Crippen LogP contribution in [0, 0.1) is 0 Å². The molecule has 1 aliphatic rings. The Morgan fingerprint density at radius 1 is 1.30 bits per heavy atom. The third-order valence-corrected chi connectivity index (χ3v) is 7.77. The molecule has 0 unspecified atom stereocenters. The van der Waals surface area contributed by atoms with E-state index < -0.39 is 0 Å². The molecule has 2 heterocycles. The number of rotatable bonds is 10. The first kappa shape index (κ1) is 20.3. The van der Waals surface area contributed by atoms with Gasteiger partial charge < -0.3 is 5.32 Å². The van der Waals surface area contributed by atoms with Crippen molar-refractivity contribution in [3.05, 3.63) is 36.0 Å².